The van der Waals surface area contributed by atoms with E-state index in [-0.39, 0.29) is 4.75 Å². The molecule has 2 aromatic heterocycles. The van der Waals surface area contributed by atoms with Crippen LogP contribution in [-0.2, 0) is 0 Å². The summed E-state index contributed by atoms with van der Waals surface area (Å²) in [6, 6.07) is 12.0. The fraction of sp³-hybridized carbons (Fsp3) is 0.278. The molecule has 0 fully saturated rings. The van der Waals surface area contributed by atoms with Crippen molar-refractivity contribution >= 4 is 28.5 Å². The molecule has 3 rings (SSSR count). The second-order valence-electron chi connectivity index (χ2n) is 5.97. The van der Waals surface area contributed by atoms with E-state index in [1.54, 1.807) is 12.4 Å². The Bertz CT molecular complexity index is 802. The van der Waals surface area contributed by atoms with E-state index >= 15 is 0 Å². The number of fused-ring (bicyclic) bond motifs is 1. The number of hydrogen-bond donors (Lipinski definition) is 1. The quantitative estimate of drug-likeness (QED) is 0.760. The van der Waals surface area contributed by atoms with Gasteiger partial charge in [0, 0.05) is 34.6 Å². The predicted molar refractivity (Wildman–Crippen MR) is 98.9 cm³/mol. The summed E-state index contributed by atoms with van der Waals surface area (Å²) in [6.07, 6.45) is 5.67. The van der Waals surface area contributed by atoms with Crippen LogP contribution in [-0.4, -0.2) is 32.5 Å². The standard InChI is InChI=1S/C18H20N4S/c1-18(2,23-3)12-20-17-14-8-4-5-9-15(14)21-16(22-17)13-7-6-10-19-11-13/h4-11H,12H2,1-3H3,(H,20,21,22). The maximum absolute atomic E-state index is 4.74. The number of benzene rings is 1. The number of nitrogens with one attached hydrogen (secondary N) is 1. The molecule has 2 heterocycles. The highest BCUT2D eigenvalue weighted by Crippen LogP contribution is 2.27. The van der Waals surface area contributed by atoms with Crippen LogP contribution in [0.3, 0.4) is 0 Å². The molecule has 0 atom stereocenters. The van der Waals surface area contributed by atoms with Gasteiger partial charge in [0.15, 0.2) is 5.82 Å². The van der Waals surface area contributed by atoms with Gasteiger partial charge < -0.3 is 5.32 Å². The molecule has 0 unspecified atom stereocenters. The lowest BCUT2D eigenvalue weighted by atomic mass is 10.2. The zero-order valence-corrected chi connectivity index (χ0v) is 14.4. The molecular weight excluding hydrogens is 304 g/mol. The molecule has 23 heavy (non-hydrogen) atoms. The molecule has 0 aliphatic heterocycles. The minimum atomic E-state index is 0.139. The Morgan fingerprint density at radius 2 is 1.91 bits per heavy atom. The SMILES string of the molecule is CSC(C)(C)CNc1nc(-c2cccnc2)nc2ccccc12. The molecule has 0 spiro atoms. The van der Waals surface area contributed by atoms with Crippen molar-refractivity contribution in [2.75, 3.05) is 18.1 Å². The van der Waals surface area contributed by atoms with Crippen LogP contribution >= 0.6 is 11.8 Å². The lowest BCUT2D eigenvalue weighted by Gasteiger charge is -2.23. The second-order valence-corrected chi connectivity index (χ2v) is 7.49. The minimum absolute atomic E-state index is 0.139. The van der Waals surface area contributed by atoms with Gasteiger partial charge in [0.05, 0.1) is 5.52 Å². The number of nitrogens with zero attached hydrogens (tertiary/aromatic N) is 3. The predicted octanol–water partition coefficient (Wildman–Crippen LogP) is 4.25. The van der Waals surface area contributed by atoms with Gasteiger partial charge in [0.1, 0.15) is 5.82 Å². The van der Waals surface area contributed by atoms with Gasteiger partial charge in [-0.05, 0) is 44.4 Å². The largest absolute Gasteiger partial charge is 0.368 e. The molecule has 0 aliphatic rings. The Balaban J connectivity index is 2.04. The molecule has 3 aromatic rings. The van der Waals surface area contributed by atoms with Gasteiger partial charge in [-0.2, -0.15) is 11.8 Å². The van der Waals surface area contributed by atoms with Gasteiger partial charge in [-0.1, -0.05) is 12.1 Å². The first kappa shape index (κ1) is 15.7. The van der Waals surface area contributed by atoms with Crippen LogP contribution in [0.1, 0.15) is 13.8 Å². The number of para-hydroxylation sites is 1. The monoisotopic (exact) mass is 324 g/mol. The van der Waals surface area contributed by atoms with Crippen LogP contribution < -0.4 is 5.32 Å². The number of hydrogen-bond acceptors (Lipinski definition) is 5. The molecule has 1 aromatic carbocycles. The fourth-order valence-electron chi connectivity index (χ4n) is 2.20. The van der Waals surface area contributed by atoms with Crippen LogP contribution in [0.25, 0.3) is 22.3 Å². The van der Waals surface area contributed by atoms with Gasteiger partial charge in [-0.15, -0.1) is 0 Å². The zero-order chi connectivity index (χ0) is 16.3. The number of aromatic nitrogens is 3. The maximum atomic E-state index is 4.74. The van der Waals surface area contributed by atoms with Gasteiger partial charge in [0.25, 0.3) is 0 Å². The summed E-state index contributed by atoms with van der Waals surface area (Å²) < 4.78 is 0.139. The number of rotatable bonds is 5. The second kappa shape index (κ2) is 6.54. The molecule has 1 N–H and O–H groups in total. The van der Waals surface area contributed by atoms with E-state index in [1.165, 1.54) is 0 Å². The maximum Gasteiger partial charge on any atom is 0.163 e. The topological polar surface area (TPSA) is 50.7 Å². The lowest BCUT2D eigenvalue weighted by molar-refractivity contribution is 0.751. The smallest absolute Gasteiger partial charge is 0.163 e. The molecule has 5 heteroatoms. The normalized spacial score (nSPS) is 11.6. The van der Waals surface area contributed by atoms with Crippen molar-refractivity contribution in [2.24, 2.45) is 0 Å². The Morgan fingerprint density at radius 1 is 1.09 bits per heavy atom. The van der Waals surface area contributed by atoms with E-state index in [9.17, 15) is 0 Å². The highest BCUT2D eigenvalue weighted by atomic mass is 32.2. The minimum Gasteiger partial charge on any atom is -0.368 e. The van der Waals surface area contributed by atoms with Gasteiger partial charge in [-0.25, -0.2) is 9.97 Å². The van der Waals surface area contributed by atoms with Crippen LogP contribution in [0, 0.1) is 0 Å². The van der Waals surface area contributed by atoms with Crippen LogP contribution in [0.5, 0.6) is 0 Å². The summed E-state index contributed by atoms with van der Waals surface area (Å²) in [6.45, 7) is 5.27. The average Bonchev–Trinajstić information content (AvgIpc) is 2.60. The van der Waals surface area contributed by atoms with Crippen molar-refractivity contribution in [1.29, 1.82) is 0 Å². The molecule has 0 saturated carbocycles. The van der Waals surface area contributed by atoms with E-state index < -0.39 is 0 Å². The average molecular weight is 324 g/mol. The molecular formula is C18H20N4S. The van der Waals surface area contributed by atoms with Crippen molar-refractivity contribution in [2.45, 2.75) is 18.6 Å². The lowest BCUT2D eigenvalue weighted by Crippen LogP contribution is -2.26. The highest BCUT2D eigenvalue weighted by Gasteiger charge is 2.17. The van der Waals surface area contributed by atoms with Crippen LogP contribution in [0.15, 0.2) is 48.8 Å². The van der Waals surface area contributed by atoms with Gasteiger partial charge in [-0.3, -0.25) is 4.98 Å². The first-order valence-electron chi connectivity index (χ1n) is 7.55. The first-order valence-corrected chi connectivity index (χ1v) is 8.78. The summed E-state index contributed by atoms with van der Waals surface area (Å²) >= 11 is 1.84. The third-order valence-corrected chi connectivity index (χ3v) is 5.01. The van der Waals surface area contributed by atoms with Crippen molar-refractivity contribution < 1.29 is 0 Å². The fourth-order valence-corrected chi connectivity index (χ4v) is 2.42. The number of thioether (sulfide) groups is 1. The summed E-state index contributed by atoms with van der Waals surface area (Å²) in [5, 5.41) is 4.54. The van der Waals surface area contributed by atoms with Crippen molar-refractivity contribution in [1.82, 2.24) is 15.0 Å². The third-order valence-electron chi connectivity index (χ3n) is 3.76. The molecule has 0 amide bonds. The zero-order valence-electron chi connectivity index (χ0n) is 13.6. The molecule has 0 aliphatic carbocycles. The third kappa shape index (κ3) is 3.62. The van der Waals surface area contributed by atoms with E-state index in [0.717, 1.165) is 28.8 Å². The highest BCUT2D eigenvalue weighted by molar-refractivity contribution is 7.99. The van der Waals surface area contributed by atoms with Gasteiger partial charge >= 0.3 is 0 Å². The molecule has 0 radical (unpaired) electrons. The van der Waals surface area contributed by atoms with Crippen LogP contribution in [0.2, 0.25) is 0 Å². The Kier molecular flexibility index (Phi) is 4.48. The van der Waals surface area contributed by atoms with Crippen molar-refractivity contribution in [3.63, 3.8) is 0 Å². The Morgan fingerprint density at radius 3 is 2.65 bits per heavy atom. The summed E-state index contributed by atoms with van der Waals surface area (Å²) in [5.74, 6) is 1.57. The molecule has 0 saturated heterocycles. The Labute approximate surface area is 140 Å². The van der Waals surface area contributed by atoms with Crippen LogP contribution in [0.4, 0.5) is 5.82 Å². The van der Waals surface area contributed by atoms with Crippen molar-refractivity contribution in [3.05, 3.63) is 48.8 Å². The molecule has 4 nitrogen and oxygen atoms in total. The van der Waals surface area contributed by atoms with E-state index in [4.69, 9.17) is 4.98 Å². The Hall–Kier alpha value is -2.14. The molecule has 118 valence electrons. The molecule has 0 bridgehead atoms. The van der Waals surface area contributed by atoms with Gasteiger partial charge in [0.2, 0.25) is 0 Å². The van der Waals surface area contributed by atoms with E-state index in [1.807, 2.05) is 42.1 Å². The number of pyridine rings is 1. The number of anilines is 1. The first-order chi connectivity index (χ1) is 11.1. The van der Waals surface area contributed by atoms with E-state index in [0.29, 0.717) is 5.82 Å². The van der Waals surface area contributed by atoms with E-state index in [2.05, 4.69) is 41.5 Å². The van der Waals surface area contributed by atoms with Crippen molar-refractivity contribution in [3.8, 4) is 11.4 Å². The summed E-state index contributed by atoms with van der Waals surface area (Å²) in [4.78, 5) is 13.6. The summed E-state index contributed by atoms with van der Waals surface area (Å²) in [5.41, 5.74) is 1.86. The summed E-state index contributed by atoms with van der Waals surface area (Å²) in [7, 11) is 0.